The molecule has 0 saturated carbocycles. The van der Waals surface area contributed by atoms with Gasteiger partial charge in [-0.2, -0.15) is 11.8 Å². The average Bonchev–Trinajstić information content (AvgIpc) is 2.46. The van der Waals surface area contributed by atoms with Crippen LogP contribution in [0.15, 0.2) is 42.5 Å². The quantitative estimate of drug-likeness (QED) is 0.543. The summed E-state index contributed by atoms with van der Waals surface area (Å²) in [5.41, 5.74) is 4.56. The van der Waals surface area contributed by atoms with E-state index in [4.69, 9.17) is 0 Å². The molecule has 2 rings (SSSR count). The van der Waals surface area contributed by atoms with Gasteiger partial charge in [-0.3, -0.25) is 4.79 Å². The number of amides is 1. The van der Waals surface area contributed by atoms with Gasteiger partial charge in [0.05, 0.1) is 5.56 Å². The Bertz CT molecular complexity index is 657. The molecule has 0 aliphatic heterocycles. The summed E-state index contributed by atoms with van der Waals surface area (Å²) in [6.45, 7) is 4.84. The van der Waals surface area contributed by atoms with Crippen LogP contribution < -0.4 is 5.32 Å². The number of hydrogen-bond donors (Lipinski definition) is 1. The third kappa shape index (κ3) is 5.32. The van der Waals surface area contributed by atoms with Crippen LogP contribution in [-0.4, -0.2) is 18.2 Å². The Balaban J connectivity index is 1.73. The smallest absolute Gasteiger partial charge is 0.252 e. The van der Waals surface area contributed by atoms with Crippen LogP contribution in [0.1, 0.15) is 27.0 Å². The van der Waals surface area contributed by atoms with Gasteiger partial charge in [0.2, 0.25) is 0 Å². The lowest BCUT2D eigenvalue weighted by molar-refractivity contribution is 0.0955. The highest BCUT2D eigenvalue weighted by Crippen LogP contribution is 2.15. The lowest BCUT2D eigenvalue weighted by Crippen LogP contribution is -2.26. The van der Waals surface area contributed by atoms with Crippen molar-refractivity contribution in [3.63, 3.8) is 0 Å². The Morgan fingerprint density at radius 3 is 2.64 bits per heavy atom. The molecule has 0 heterocycles. The SMILES string of the molecule is Cc1cccc(CSCCNC(=O)c2ccc(C)cc2I)c1. The first-order valence-corrected chi connectivity index (χ1v) is 9.47. The lowest BCUT2D eigenvalue weighted by atomic mass is 10.1. The zero-order chi connectivity index (χ0) is 15.9. The zero-order valence-corrected chi connectivity index (χ0v) is 15.8. The fraction of sp³-hybridized carbons (Fsp3) is 0.278. The lowest BCUT2D eigenvalue weighted by Gasteiger charge is -2.08. The maximum absolute atomic E-state index is 12.1. The number of hydrogen-bond acceptors (Lipinski definition) is 2. The molecule has 1 N–H and O–H groups in total. The van der Waals surface area contributed by atoms with Gasteiger partial charge in [0.1, 0.15) is 0 Å². The van der Waals surface area contributed by atoms with Crippen LogP contribution >= 0.6 is 34.4 Å². The molecule has 0 aliphatic rings. The maximum Gasteiger partial charge on any atom is 0.252 e. The Morgan fingerprint density at radius 1 is 1.14 bits per heavy atom. The molecule has 2 aromatic rings. The van der Waals surface area contributed by atoms with E-state index in [-0.39, 0.29) is 5.91 Å². The maximum atomic E-state index is 12.1. The van der Waals surface area contributed by atoms with Crippen molar-refractivity contribution in [3.8, 4) is 0 Å². The molecule has 2 nitrogen and oxygen atoms in total. The summed E-state index contributed by atoms with van der Waals surface area (Å²) >= 11 is 4.06. The molecular formula is C18H20INOS. The highest BCUT2D eigenvalue weighted by molar-refractivity contribution is 14.1. The van der Waals surface area contributed by atoms with Crippen LogP contribution in [0.25, 0.3) is 0 Å². The summed E-state index contributed by atoms with van der Waals surface area (Å²) in [4.78, 5) is 12.1. The summed E-state index contributed by atoms with van der Waals surface area (Å²) in [5, 5.41) is 2.99. The predicted octanol–water partition coefficient (Wildman–Crippen LogP) is 4.57. The van der Waals surface area contributed by atoms with E-state index >= 15 is 0 Å². The van der Waals surface area contributed by atoms with Crippen LogP contribution in [0.3, 0.4) is 0 Å². The molecule has 0 spiro atoms. The van der Waals surface area contributed by atoms with Crippen molar-refractivity contribution in [2.24, 2.45) is 0 Å². The second kappa shape index (κ2) is 8.58. The molecule has 22 heavy (non-hydrogen) atoms. The Hall–Kier alpha value is -1.01. The molecule has 0 bridgehead atoms. The van der Waals surface area contributed by atoms with Gasteiger partial charge in [0.15, 0.2) is 0 Å². The van der Waals surface area contributed by atoms with E-state index in [1.165, 1.54) is 16.7 Å². The van der Waals surface area contributed by atoms with Gasteiger partial charge in [-0.25, -0.2) is 0 Å². The zero-order valence-electron chi connectivity index (χ0n) is 12.9. The third-order valence-electron chi connectivity index (χ3n) is 3.25. The number of thioether (sulfide) groups is 1. The van der Waals surface area contributed by atoms with Crippen LogP contribution in [0, 0.1) is 17.4 Å². The van der Waals surface area contributed by atoms with E-state index in [0.717, 1.165) is 20.6 Å². The Kier molecular flexibility index (Phi) is 6.76. The van der Waals surface area contributed by atoms with Gasteiger partial charge in [-0.1, -0.05) is 41.5 Å². The number of aryl methyl sites for hydroxylation is 2. The number of benzene rings is 2. The van der Waals surface area contributed by atoms with E-state index in [1.54, 1.807) is 0 Å². The molecule has 0 aromatic heterocycles. The molecular weight excluding hydrogens is 405 g/mol. The molecule has 0 saturated heterocycles. The van der Waals surface area contributed by atoms with Crippen LogP contribution in [0.4, 0.5) is 0 Å². The molecule has 4 heteroatoms. The van der Waals surface area contributed by atoms with E-state index in [2.05, 4.69) is 59.1 Å². The number of carbonyl (C=O) groups is 1. The van der Waals surface area contributed by atoms with E-state index in [1.807, 2.05) is 36.9 Å². The van der Waals surface area contributed by atoms with Gasteiger partial charge >= 0.3 is 0 Å². The minimum Gasteiger partial charge on any atom is -0.351 e. The van der Waals surface area contributed by atoms with Crippen molar-refractivity contribution in [1.82, 2.24) is 5.32 Å². The fourth-order valence-electron chi connectivity index (χ4n) is 2.13. The second-order valence-corrected chi connectivity index (χ2v) is 7.55. The molecule has 0 fully saturated rings. The van der Waals surface area contributed by atoms with Crippen molar-refractivity contribution < 1.29 is 4.79 Å². The van der Waals surface area contributed by atoms with Gasteiger partial charge in [0.25, 0.3) is 5.91 Å². The van der Waals surface area contributed by atoms with Gasteiger partial charge in [-0.05, 0) is 54.1 Å². The molecule has 0 radical (unpaired) electrons. The average molecular weight is 425 g/mol. The summed E-state index contributed by atoms with van der Waals surface area (Å²) in [6, 6.07) is 14.5. The fourth-order valence-corrected chi connectivity index (χ4v) is 3.85. The van der Waals surface area contributed by atoms with Gasteiger partial charge < -0.3 is 5.32 Å². The van der Waals surface area contributed by atoms with Crippen molar-refractivity contribution >= 4 is 40.3 Å². The van der Waals surface area contributed by atoms with E-state index in [9.17, 15) is 4.79 Å². The minimum absolute atomic E-state index is 0.0144. The van der Waals surface area contributed by atoms with Crippen LogP contribution in [0.5, 0.6) is 0 Å². The number of rotatable bonds is 6. The normalized spacial score (nSPS) is 10.5. The topological polar surface area (TPSA) is 29.1 Å². The largest absolute Gasteiger partial charge is 0.351 e. The van der Waals surface area contributed by atoms with Crippen LogP contribution in [0.2, 0.25) is 0 Å². The number of carbonyl (C=O) groups excluding carboxylic acids is 1. The molecule has 1 amide bonds. The predicted molar refractivity (Wildman–Crippen MR) is 104 cm³/mol. The van der Waals surface area contributed by atoms with E-state index in [0.29, 0.717) is 6.54 Å². The first-order valence-electron chi connectivity index (χ1n) is 7.24. The van der Waals surface area contributed by atoms with Crippen molar-refractivity contribution in [2.75, 3.05) is 12.3 Å². The summed E-state index contributed by atoms with van der Waals surface area (Å²) < 4.78 is 1.00. The summed E-state index contributed by atoms with van der Waals surface area (Å²) in [5.74, 6) is 1.92. The van der Waals surface area contributed by atoms with Crippen LogP contribution in [-0.2, 0) is 5.75 Å². The highest BCUT2D eigenvalue weighted by Gasteiger charge is 2.08. The molecule has 116 valence electrons. The first-order chi connectivity index (χ1) is 10.6. The van der Waals surface area contributed by atoms with Gasteiger partial charge in [0, 0.05) is 21.6 Å². The summed E-state index contributed by atoms with van der Waals surface area (Å²) in [6.07, 6.45) is 0. The Labute approximate surface area is 150 Å². The standard InChI is InChI=1S/C18H20INOS/c1-13-4-3-5-15(10-13)12-22-9-8-20-18(21)16-7-6-14(2)11-17(16)19/h3-7,10-11H,8-9,12H2,1-2H3,(H,20,21). The number of halogens is 1. The van der Waals surface area contributed by atoms with Crippen molar-refractivity contribution in [2.45, 2.75) is 19.6 Å². The summed E-state index contributed by atoms with van der Waals surface area (Å²) in [7, 11) is 0. The van der Waals surface area contributed by atoms with Crippen molar-refractivity contribution in [3.05, 3.63) is 68.3 Å². The second-order valence-electron chi connectivity index (χ2n) is 5.28. The Morgan fingerprint density at radius 2 is 1.91 bits per heavy atom. The van der Waals surface area contributed by atoms with Crippen molar-refractivity contribution in [1.29, 1.82) is 0 Å². The molecule has 0 aliphatic carbocycles. The highest BCUT2D eigenvalue weighted by atomic mass is 127. The number of nitrogens with one attached hydrogen (secondary N) is 1. The third-order valence-corrected chi connectivity index (χ3v) is 5.18. The monoisotopic (exact) mass is 425 g/mol. The van der Waals surface area contributed by atoms with Gasteiger partial charge in [-0.15, -0.1) is 0 Å². The molecule has 0 unspecified atom stereocenters. The first kappa shape index (κ1) is 17.3. The molecule has 2 aromatic carbocycles. The molecule has 0 atom stereocenters. The van der Waals surface area contributed by atoms with E-state index < -0.39 is 0 Å². The minimum atomic E-state index is 0.0144.